The molecule has 0 bridgehead atoms. The Kier molecular flexibility index (Phi) is 3.19. The highest BCUT2D eigenvalue weighted by molar-refractivity contribution is 5.99. The Bertz CT molecular complexity index is 383. The number of nitrogens with two attached hydrogens (primary N) is 1. The third-order valence-corrected chi connectivity index (χ3v) is 2.09. The van der Waals surface area contributed by atoms with Crippen molar-refractivity contribution in [2.45, 2.75) is 19.5 Å². The van der Waals surface area contributed by atoms with Crippen LogP contribution in [0.3, 0.4) is 0 Å². The van der Waals surface area contributed by atoms with Crippen LogP contribution in [0.1, 0.15) is 29.8 Å². The van der Waals surface area contributed by atoms with Gasteiger partial charge in [-0.15, -0.1) is 0 Å². The number of ketones is 1. The van der Waals surface area contributed by atoms with Gasteiger partial charge in [0.25, 0.3) is 0 Å². The smallest absolute Gasteiger partial charge is 0.176 e. The second kappa shape index (κ2) is 4.06. The Hall–Kier alpha value is -1.29. The van der Waals surface area contributed by atoms with E-state index in [4.69, 9.17) is 5.73 Å². The predicted octanol–water partition coefficient (Wildman–Crippen LogP) is 2.17. The van der Waals surface area contributed by atoms with Gasteiger partial charge in [-0.2, -0.15) is 0 Å². The molecule has 0 fully saturated rings. The van der Waals surface area contributed by atoms with E-state index in [0.29, 0.717) is 0 Å². The van der Waals surface area contributed by atoms with Crippen LogP contribution in [0.15, 0.2) is 18.2 Å². The molecule has 2 nitrogen and oxygen atoms in total. The van der Waals surface area contributed by atoms with Crippen LogP contribution in [0.5, 0.6) is 0 Å². The minimum absolute atomic E-state index is 0.0185. The van der Waals surface area contributed by atoms with Crippen LogP contribution in [0.25, 0.3) is 0 Å². The lowest BCUT2D eigenvalue weighted by atomic mass is 9.92. The average Bonchev–Trinajstić information content (AvgIpc) is 2.14. The van der Waals surface area contributed by atoms with Gasteiger partial charge in [0.15, 0.2) is 5.78 Å². The molecule has 15 heavy (non-hydrogen) atoms. The van der Waals surface area contributed by atoms with E-state index in [2.05, 4.69) is 0 Å². The highest BCUT2D eigenvalue weighted by Gasteiger charge is 2.28. The Morgan fingerprint density at radius 1 is 1.47 bits per heavy atom. The summed E-state index contributed by atoms with van der Waals surface area (Å²) in [6.07, 6.45) is 0. The summed E-state index contributed by atoms with van der Waals surface area (Å²) in [6, 6.07) is 3.88. The number of Topliss-reactive ketones (excluding diaryl/α,β-unsaturated/α-hetero) is 1. The maximum Gasteiger partial charge on any atom is 0.176 e. The van der Waals surface area contributed by atoms with Gasteiger partial charge in [0.1, 0.15) is 11.5 Å². The van der Waals surface area contributed by atoms with Crippen LogP contribution >= 0.6 is 0 Å². The number of carbonyl (C=O) groups is 1. The summed E-state index contributed by atoms with van der Waals surface area (Å²) in [7, 11) is 0. The molecule has 0 aliphatic heterocycles. The molecule has 0 spiro atoms. The molecule has 0 saturated carbocycles. The van der Waals surface area contributed by atoms with Gasteiger partial charge in [-0.3, -0.25) is 4.79 Å². The quantitative estimate of drug-likeness (QED) is 0.782. The van der Waals surface area contributed by atoms with E-state index < -0.39 is 17.3 Å². The fraction of sp³-hybridized carbons (Fsp3) is 0.364. The largest absolute Gasteiger partial charge is 0.324 e. The molecule has 0 aliphatic carbocycles. The molecule has 0 heterocycles. The molecule has 1 aromatic carbocycles. The zero-order valence-electron chi connectivity index (χ0n) is 8.68. The Morgan fingerprint density at radius 2 is 2.07 bits per heavy atom. The minimum Gasteiger partial charge on any atom is -0.324 e. The third-order valence-electron chi connectivity index (χ3n) is 2.09. The summed E-state index contributed by atoms with van der Waals surface area (Å²) in [5, 5.41) is 0. The number of hydrogen-bond donors (Lipinski definition) is 1. The summed E-state index contributed by atoms with van der Waals surface area (Å²) in [6.45, 7) is 2.16. The van der Waals surface area contributed by atoms with Crippen LogP contribution in [0.4, 0.5) is 8.78 Å². The Labute approximate surface area is 87.1 Å². The summed E-state index contributed by atoms with van der Waals surface area (Å²) < 4.78 is 27.1. The van der Waals surface area contributed by atoms with E-state index in [-0.39, 0.29) is 17.7 Å². The summed E-state index contributed by atoms with van der Waals surface area (Å²) >= 11 is 0. The molecule has 0 atom stereocenters. The molecular weight excluding hydrogens is 200 g/mol. The second-order valence-corrected chi connectivity index (χ2v) is 3.76. The maximum atomic E-state index is 13.7. The van der Waals surface area contributed by atoms with Crippen molar-refractivity contribution in [1.29, 1.82) is 0 Å². The van der Waals surface area contributed by atoms with Gasteiger partial charge in [0.2, 0.25) is 0 Å². The predicted molar refractivity (Wildman–Crippen MR) is 53.9 cm³/mol. The molecule has 1 rings (SSSR count). The highest BCUT2D eigenvalue weighted by Crippen LogP contribution is 2.30. The number of carbonyl (C=O) groups excluding carboxylic acids is 1. The van der Waals surface area contributed by atoms with Crippen molar-refractivity contribution in [3.05, 3.63) is 35.1 Å². The van der Waals surface area contributed by atoms with Crippen molar-refractivity contribution in [2.75, 3.05) is 6.54 Å². The molecule has 1 aromatic rings. The van der Waals surface area contributed by atoms with Crippen molar-refractivity contribution >= 4 is 5.78 Å². The molecule has 0 aliphatic rings. The molecule has 0 aromatic heterocycles. The first-order valence-corrected chi connectivity index (χ1v) is 4.59. The third kappa shape index (κ3) is 2.39. The monoisotopic (exact) mass is 213 g/mol. The minimum atomic E-state index is -1.90. The number of alkyl halides is 1. The molecule has 2 N–H and O–H groups in total. The number of benzene rings is 1. The Balaban J connectivity index is 3.40. The molecule has 0 unspecified atom stereocenters. The van der Waals surface area contributed by atoms with Gasteiger partial charge >= 0.3 is 0 Å². The van der Waals surface area contributed by atoms with E-state index in [9.17, 15) is 13.6 Å². The van der Waals surface area contributed by atoms with E-state index in [1.807, 2.05) is 0 Å². The normalized spacial score (nSPS) is 11.5. The SMILES string of the molecule is CC(C)(F)c1c(F)cccc1C(=O)CN. The average molecular weight is 213 g/mol. The van der Waals surface area contributed by atoms with E-state index in [1.165, 1.54) is 26.0 Å². The summed E-state index contributed by atoms with van der Waals surface area (Å²) in [4.78, 5) is 11.4. The topological polar surface area (TPSA) is 43.1 Å². The second-order valence-electron chi connectivity index (χ2n) is 3.76. The van der Waals surface area contributed by atoms with Gasteiger partial charge in [0, 0.05) is 11.1 Å². The first kappa shape index (κ1) is 11.8. The number of hydrogen-bond acceptors (Lipinski definition) is 2. The number of halogens is 2. The zero-order chi connectivity index (χ0) is 11.6. The molecule has 0 saturated heterocycles. The lowest BCUT2D eigenvalue weighted by Crippen LogP contribution is -2.22. The van der Waals surface area contributed by atoms with Crippen molar-refractivity contribution in [2.24, 2.45) is 5.73 Å². The standard InChI is InChI=1S/C11H13F2NO/c1-11(2,13)10-7(9(15)6-14)4-3-5-8(10)12/h3-5H,6,14H2,1-2H3. The van der Waals surface area contributed by atoms with Crippen LogP contribution in [0.2, 0.25) is 0 Å². The van der Waals surface area contributed by atoms with Gasteiger partial charge in [0.05, 0.1) is 6.54 Å². The van der Waals surface area contributed by atoms with Crippen LogP contribution < -0.4 is 5.73 Å². The van der Waals surface area contributed by atoms with Gasteiger partial charge in [-0.1, -0.05) is 12.1 Å². The van der Waals surface area contributed by atoms with Crippen molar-refractivity contribution < 1.29 is 13.6 Å². The van der Waals surface area contributed by atoms with E-state index in [0.717, 1.165) is 6.07 Å². The van der Waals surface area contributed by atoms with Gasteiger partial charge in [-0.25, -0.2) is 8.78 Å². The summed E-state index contributed by atoms with van der Waals surface area (Å²) in [5.41, 5.74) is 3.07. The van der Waals surface area contributed by atoms with Crippen LogP contribution in [0, 0.1) is 5.82 Å². The maximum absolute atomic E-state index is 13.7. The van der Waals surface area contributed by atoms with E-state index >= 15 is 0 Å². The zero-order valence-corrected chi connectivity index (χ0v) is 8.68. The van der Waals surface area contributed by atoms with Crippen LogP contribution in [-0.4, -0.2) is 12.3 Å². The first-order chi connectivity index (χ1) is 6.88. The summed E-state index contributed by atoms with van der Waals surface area (Å²) in [5.74, 6) is -1.18. The fourth-order valence-corrected chi connectivity index (χ4v) is 1.47. The molecule has 0 amide bonds. The lowest BCUT2D eigenvalue weighted by Gasteiger charge is -2.18. The van der Waals surface area contributed by atoms with Crippen molar-refractivity contribution in [3.8, 4) is 0 Å². The number of rotatable bonds is 3. The van der Waals surface area contributed by atoms with Crippen molar-refractivity contribution in [3.63, 3.8) is 0 Å². The Morgan fingerprint density at radius 3 is 2.53 bits per heavy atom. The highest BCUT2D eigenvalue weighted by atomic mass is 19.1. The van der Waals surface area contributed by atoms with Gasteiger partial charge < -0.3 is 5.73 Å². The van der Waals surface area contributed by atoms with Crippen LogP contribution in [-0.2, 0) is 5.67 Å². The molecule has 4 heteroatoms. The fourth-order valence-electron chi connectivity index (χ4n) is 1.47. The van der Waals surface area contributed by atoms with Crippen molar-refractivity contribution in [1.82, 2.24) is 0 Å². The first-order valence-electron chi connectivity index (χ1n) is 4.59. The molecule has 0 radical (unpaired) electrons. The molecule has 82 valence electrons. The lowest BCUT2D eigenvalue weighted by molar-refractivity contribution is 0.0993. The molecular formula is C11H13F2NO. The van der Waals surface area contributed by atoms with E-state index in [1.54, 1.807) is 0 Å². The van der Waals surface area contributed by atoms with Gasteiger partial charge in [-0.05, 0) is 19.9 Å².